The van der Waals surface area contributed by atoms with Crippen molar-refractivity contribution in [3.8, 4) is 0 Å². The Balaban J connectivity index is 1.75. The predicted octanol–water partition coefficient (Wildman–Crippen LogP) is 2.76. The quantitative estimate of drug-likeness (QED) is 0.430. The number of benzene rings is 1. The number of rotatable bonds is 8. The molecule has 0 atom stereocenters. The van der Waals surface area contributed by atoms with Crippen molar-refractivity contribution in [2.75, 3.05) is 5.75 Å². The zero-order valence-electron chi connectivity index (χ0n) is 13.4. The smallest absolute Gasteiger partial charge is 0.253 e. The second-order valence-corrected chi connectivity index (χ2v) is 6.56. The van der Waals surface area contributed by atoms with E-state index in [1.807, 2.05) is 30.3 Å². The first-order valence-corrected chi connectivity index (χ1v) is 8.93. The van der Waals surface area contributed by atoms with Gasteiger partial charge >= 0.3 is 0 Å². The fourth-order valence-electron chi connectivity index (χ4n) is 2.30. The van der Waals surface area contributed by atoms with Crippen LogP contribution in [0, 0.1) is 0 Å². The standard InChI is InChI=1S/C17H21N3O3S/c21-15(20-23)9-5-2-6-10-24-17-18-14(12-16(22)19-17)11-13-7-3-1-4-8-13/h1,3-4,7-8,23H,2,5-6,9-12H2,(H,20,21). The van der Waals surface area contributed by atoms with Crippen molar-refractivity contribution < 1.29 is 14.8 Å². The summed E-state index contributed by atoms with van der Waals surface area (Å²) in [6.07, 6.45) is 3.78. The number of unbranched alkanes of at least 4 members (excludes halogenated alkanes) is 2. The summed E-state index contributed by atoms with van der Waals surface area (Å²) < 4.78 is 0. The third-order valence-electron chi connectivity index (χ3n) is 3.48. The van der Waals surface area contributed by atoms with Gasteiger partial charge in [0.2, 0.25) is 5.91 Å². The average molecular weight is 347 g/mol. The zero-order valence-corrected chi connectivity index (χ0v) is 14.2. The van der Waals surface area contributed by atoms with Gasteiger partial charge in [0.15, 0.2) is 5.17 Å². The maximum atomic E-state index is 11.8. The van der Waals surface area contributed by atoms with Crippen molar-refractivity contribution in [2.45, 2.75) is 38.5 Å². The van der Waals surface area contributed by atoms with Gasteiger partial charge in [0.25, 0.3) is 5.91 Å². The highest BCUT2D eigenvalue weighted by Gasteiger charge is 2.16. The van der Waals surface area contributed by atoms with Crippen molar-refractivity contribution in [3.05, 3.63) is 35.9 Å². The summed E-state index contributed by atoms with van der Waals surface area (Å²) in [4.78, 5) is 31.1. The Labute approximate surface area is 145 Å². The van der Waals surface area contributed by atoms with Gasteiger partial charge in [0.1, 0.15) is 0 Å². The molecule has 1 aliphatic rings. The van der Waals surface area contributed by atoms with Gasteiger partial charge in [0, 0.05) is 24.3 Å². The number of aliphatic imine (C=N–C) groups is 2. The van der Waals surface area contributed by atoms with Gasteiger partial charge in [0.05, 0.1) is 6.42 Å². The second-order valence-electron chi connectivity index (χ2n) is 5.50. The number of thioether (sulfide) groups is 1. The van der Waals surface area contributed by atoms with Crippen LogP contribution in [0.15, 0.2) is 40.3 Å². The topological polar surface area (TPSA) is 91.1 Å². The molecule has 0 bridgehead atoms. The van der Waals surface area contributed by atoms with Gasteiger partial charge in [-0.25, -0.2) is 10.5 Å². The number of hydrogen-bond donors (Lipinski definition) is 2. The molecule has 1 aliphatic heterocycles. The molecule has 1 aromatic rings. The Bertz CT molecular complexity index is 629. The molecule has 1 aromatic carbocycles. The molecule has 7 heteroatoms. The fraction of sp³-hybridized carbons (Fsp3) is 0.412. The van der Waals surface area contributed by atoms with Gasteiger partial charge in [-0.05, 0) is 18.4 Å². The molecular formula is C17H21N3O3S. The zero-order chi connectivity index (χ0) is 17.2. The molecule has 0 aliphatic carbocycles. The molecule has 2 N–H and O–H groups in total. The molecule has 0 saturated heterocycles. The lowest BCUT2D eigenvalue weighted by Gasteiger charge is -2.11. The van der Waals surface area contributed by atoms with Crippen LogP contribution in [-0.4, -0.2) is 33.7 Å². The first-order chi connectivity index (χ1) is 11.7. The van der Waals surface area contributed by atoms with E-state index in [1.54, 1.807) is 5.48 Å². The molecule has 128 valence electrons. The number of amides is 2. The first kappa shape index (κ1) is 18.4. The second kappa shape index (κ2) is 10.00. The van der Waals surface area contributed by atoms with Gasteiger partial charge in [-0.2, -0.15) is 4.99 Å². The predicted molar refractivity (Wildman–Crippen MR) is 95.5 cm³/mol. The van der Waals surface area contributed by atoms with E-state index in [9.17, 15) is 9.59 Å². The van der Waals surface area contributed by atoms with Crippen LogP contribution < -0.4 is 5.48 Å². The minimum Gasteiger partial charge on any atom is -0.289 e. The van der Waals surface area contributed by atoms with Gasteiger partial charge in [-0.3, -0.25) is 14.8 Å². The third-order valence-corrected chi connectivity index (χ3v) is 4.42. The summed E-state index contributed by atoms with van der Waals surface area (Å²) in [5.41, 5.74) is 3.61. The summed E-state index contributed by atoms with van der Waals surface area (Å²) in [6.45, 7) is 0. The molecule has 2 rings (SSSR count). The summed E-state index contributed by atoms with van der Waals surface area (Å²) in [5, 5.41) is 8.93. The third kappa shape index (κ3) is 6.64. The van der Waals surface area contributed by atoms with Crippen molar-refractivity contribution in [2.24, 2.45) is 9.98 Å². The first-order valence-electron chi connectivity index (χ1n) is 7.95. The Morgan fingerprint density at radius 2 is 1.96 bits per heavy atom. The van der Waals surface area contributed by atoms with Crippen molar-refractivity contribution in [3.63, 3.8) is 0 Å². The number of hydroxylamine groups is 1. The average Bonchev–Trinajstić information content (AvgIpc) is 2.58. The SMILES string of the molecule is O=C1CC(Cc2ccccc2)=NC(SCCCCCC(=O)NO)=N1. The molecule has 6 nitrogen and oxygen atoms in total. The summed E-state index contributed by atoms with van der Waals surface area (Å²) in [5.74, 6) is 0.299. The molecular weight excluding hydrogens is 326 g/mol. The molecule has 0 saturated carbocycles. The van der Waals surface area contributed by atoms with Crippen LogP contribution in [0.1, 0.15) is 37.7 Å². The number of hydrogen-bond acceptors (Lipinski definition) is 5. The molecule has 1 heterocycles. The lowest BCUT2D eigenvalue weighted by molar-refractivity contribution is -0.129. The van der Waals surface area contributed by atoms with Gasteiger partial charge in [-0.15, -0.1) is 0 Å². The highest BCUT2D eigenvalue weighted by atomic mass is 32.2. The van der Waals surface area contributed by atoms with Crippen molar-refractivity contribution in [1.82, 2.24) is 5.48 Å². The maximum Gasteiger partial charge on any atom is 0.253 e. The highest BCUT2D eigenvalue weighted by molar-refractivity contribution is 8.13. The highest BCUT2D eigenvalue weighted by Crippen LogP contribution is 2.16. The normalized spacial score (nSPS) is 14.1. The van der Waals surface area contributed by atoms with Crippen LogP contribution in [-0.2, 0) is 16.0 Å². The van der Waals surface area contributed by atoms with Crippen molar-refractivity contribution >= 4 is 34.5 Å². The minimum atomic E-state index is -0.361. The lowest BCUT2D eigenvalue weighted by atomic mass is 10.1. The molecule has 2 amide bonds. The molecule has 0 spiro atoms. The molecule has 24 heavy (non-hydrogen) atoms. The Morgan fingerprint density at radius 1 is 1.17 bits per heavy atom. The van der Waals surface area contributed by atoms with Crippen LogP contribution in [0.2, 0.25) is 0 Å². The fourth-order valence-corrected chi connectivity index (χ4v) is 3.19. The Morgan fingerprint density at radius 3 is 2.71 bits per heavy atom. The van der Waals surface area contributed by atoms with Gasteiger partial charge < -0.3 is 0 Å². The van der Waals surface area contributed by atoms with Crippen LogP contribution in [0.5, 0.6) is 0 Å². The minimum absolute atomic E-state index is 0.141. The monoisotopic (exact) mass is 347 g/mol. The largest absolute Gasteiger partial charge is 0.289 e. The summed E-state index contributed by atoms with van der Waals surface area (Å²) in [6, 6.07) is 9.95. The van der Waals surface area contributed by atoms with E-state index in [1.165, 1.54) is 11.8 Å². The van der Waals surface area contributed by atoms with E-state index >= 15 is 0 Å². The number of nitrogens with zero attached hydrogens (tertiary/aromatic N) is 2. The number of amidine groups is 1. The van der Waals surface area contributed by atoms with E-state index < -0.39 is 0 Å². The lowest BCUT2D eigenvalue weighted by Crippen LogP contribution is -2.17. The molecule has 0 aromatic heterocycles. The van der Waals surface area contributed by atoms with Crippen LogP contribution in [0.3, 0.4) is 0 Å². The van der Waals surface area contributed by atoms with Gasteiger partial charge in [-0.1, -0.05) is 48.5 Å². The summed E-state index contributed by atoms with van der Waals surface area (Å²) >= 11 is 1.47. The van der Waals surface area contributed by atoms with Crippen molar-refractivity contribution in [1.29, 1.82) is 0 Å². The van der Waals surface area contributed by atoms with E-state index in [2.05, 4.69) is 9.98 Å². The van der Waals surface area contributed by atoms with Crippen LogP contribution in [0.25, 0.3) is 0 Å². The Kier molecular flexibility index (Phi) is 7.64. The van der Waals surface area contributed by atoms with Crippen LogP contribution in [0.4, 0.5) is 0 Å². The van der Waals surface area contributed by atoms with E-state index in [-0.39, 0.29) is 18.2 Å². The number of nitrogens with one attached hydrogen (secondary N) is 1. The molecule has 0 radical (unpaired) electrons. The Hall–Kier alpha value is -1.99. The molecule has 0 fully saturated rings. The number of carbonyl (C=O) groups excluding carboxylic acids is 2. The van der Waals surface area contributed by atoms with E-state index in [4.69, 9.17) is 5.21 Å². The molecule has 0 unspecified atom stereocenters. The summed E-state index contributed by atoms with van der Waals surface area (Å²) in [7, 11) is 0. The van der Waals surface area contributed by atoms with E-state index in [0.717, 1.165) is 36.3 Å². The number of carbonyl (C=O) groups is 2. The van der Waals surface area contributed by atoms with Crippen LogP contribution >= 0.6 is 11.8 Å². The maximum absolute atomic E-state index is 11.8. The van der Waals surface area contributed by atoms with E-state index in [0.29, 0.717) is 18.0 Å².